The van der Waals surface area contributed by atoms with Crippen molar-refractivity contribution in [3.05, 3.63) is 71.8 Å². The van der Waals surface area contributed by atoms with Crippen LogP contribution in [0, 0.1) is 5.92 Å². The molecule has 0 bridgehead atoms. The second-order valence-electron chi connectivity index (χ2n) is 6.35. The van der Waals surface area contributed by atoms with Crippen molar-refractivity contribution in [3.63, 3.8) is 0 Å². The Kier molecular flexibility index (Phi) is 4.94. The van der Waals surface area contributed by atoms with Gasteiger partial charge in [0.05, 0.1) is 6.04 Å². The predicted molar refractivity (Wildman–Crippen MR) is 93.0 cm³/mol. The lowest BCUT2D eigenvalue weighted by molar-refractivity contribution is -0.145. The Labute approximate surface area is 142 Å². The van der Waals surface area contributed by atoms with E-state index in [9.17, 15) is 9.59 Å². The fraction of sp³-hybridized carbons (Fsp3) is 0.300. The van der Waals surface area contributed by atoms with Crippen LogP contribution in [0.3, 0.4) is 0 Å². The van der Waals surface area contributed by atoms with Crippen LogP contribution in [0.25, 0.3) is 0 Å². The Morgan fingerprint density at radius 3 is 2.21 bits per heavy atom. The number of benzene rings is 2. The van der Waals surface area contributed by atoms with Crippen LogP contribution in [-0.4, -0.2) is 23.8 Å². The summed E-state index contributed by atoms with van der Waals surface area (Å²) in [6.45, 7) is 0.423. The lowest BCUT2D eigenvalue weighted by Crippen LogP contribution is -2.42. The summed E-state index contributed by atoms with van der Waals surface area (Å²) in [7, 11) is 1.66. The van der Waals surface area contributed by atoms with E-state index in [1.807, 2.05) is 60.7 Å². The fourth-order valence-corrected chi connectivity index (χ4v) is 2.87. The van der Waals surface area contributed by atoms with E-state index >= 15 is 0 Å². The molecule has 2 amide bonds. The summed E-state index contributed by atoms with van der Waals surface area (Å²) >= 11 is 0. The molecule has 0 saturated heterocycles. The molecule has 0 spiro atoms. The molecule has 1 atom stereocenters. The van der Waals surface area contributed by atoms with Gasteiger partial charge in [0.15, 0.2) is 0 Å². The number of hydrogen-bond donors (Lipinski definition) is 1. The summed E-state index contributed by atoms with van der Waals surface area (Å²) in [6.07, 6.45) is 2.18. The first-order chi connectivity index (χ1) is 11.6. The van der Waals surface area contributed by atoms with E-state index in [1.54, 1.807) is 7.05 Å². The number of hydrogen-bond acceptors (Lipinski definition) is 2. The molecule has 4 heteroatoms. The molecular weight excluding hydrogens is 300 g/mol. The van der Waals surface area contributed by atoms with E-state index < -0.39 is 11.8 Å². The highest BCUT2D eigenvalue weighted by Crippen LogP contribution is 2.40. The van der Waals surface area contributed by atoms with Crippen LogP contribution in [0.1, 0.15) is 30.0 Å². The van der Waals surface area contributed by atoms with E-state index in [2.05, 4.69) is 5.32 Å². The van der Waals surface area contributed by atoms with Gasteiger partial charge in [0, 0.05) is 13.6 Å². The monoisotopic (exact) mass is 322 g/mol. The van der Waals surface area contributed by atoms with Crippen LogP contribution in [-0.2, 0) is 16.1 Å². The second-order valence-corrected chi connectivity index (χ2v) is 6.35. The highest BCUT2D eigenvalue weighted by atomic mass is 16.2. The minimum Gasteiger partial charge on any atom is -0.341 e. The summed E-state index contributed by atoms with van der Waals surface area (Å²) in [5, 5.41) is 2.93. The Balaban J connectivity index is 1.63. The largest absolute Gasteiger partial charge is 0.341 e. The molecule has 124 valence electrons. The Morgan fingerprint density at radius 2 is 1.62 bits per heavy atom. The van der Waals surface area contributed by atoms with Gasteiger partial charge in [-0.05, 0) is 29.9 Å². The molecule has 0 heterocycles. The third kappa shape index (κ3) is 4.02. The predicted octanol–water partition coefficient (Wildman–Crippen LogP) is 2.91. The quantitative estimate of drug-likeness (QED) is 0.861. The minimum atomic E-state index is -0.533. The molecule has 1 fully saturated rings. The van der Waals surface area contributed by atoms with Crippen LogP contribution >= 0.6 is 0 Å². The third-order valence-corrected chi connectivity index (χ3v) is 4.34. The molecule has 0 radical (unpaired) electrons. The topological polar surface area (TPSA) is 49.4 Å². The van der Waals surface area contributed by atoms with Gasteiger partial charge < -0.3 is 10.2 Å². The van der Waals surface area contributed by atoms with E-state index in [0.717, 1.165) is 24.0 Å². The maximum Gasteiger partial charge on any atom is 0.311 e. The highest BCUT2D eigenvalue weighted by Gasteiger charge is 2.34. The van der Waals surface area contributed by atoms with Crippen molar-refractivity contribution in [2.24, 2.45) is 5.92 Å². The Bertz CT molecular complexity index is 696. The van der Waals surface area contributed by atoms with E-state index in [4.69, 9.17) is 0 Å². The van der Waals surface area contributed by atoms with Crippen LogP contribution in [0.4, 0.5) is 0 Å². The van der Waals surface area contributed by atoms with Gasteiger partial charge in [-0.15, -0.1) is 0 Å². The van der Waals surface area contributed by atoms with E-state index in [1.165, 1.54) is 4.90 Å². The molecule has 4 nitrogen and oxygen atoms in total. The molecule has 24 heavy (non-hydrogen) atoms. The molecular formula is C20H22N2O2. The van der Waals surface area contributed by atoms with Crippen molar-refractivity contribution in [1.29, 1.82) is 0 Å². The van der Waals surface area contributed by atoms with Gasteiger partial charge in [0.2, 0.25) is 0 Å². The molecule has 2 aromatic rings. The van der Waals surface area contributed by atoms with Gasteiger partial charge in [-0.1, -0.05) is 60.7 Å². The molecule has 1 aliphatic rings. The first-order valence-corrected chi connectivity index (χ1v) is 8.30. The van der Waals surface area contributed by atoms with Crippen LogP contribution in [0.5, 0.6) is 0 Å². The summed E-state index contributed by atoms with van der Waals surface area (Å²) in [6, 6.07) is 19.5. The van der Waals surface area contributed by atoms with Crippen LogP contribution in [0.2, 0.25) is 0 Å². The van der Waals surface area contributed by atoms with Crippen LogP contribution < -0.4 is 5.32 Å². The SMILES string of the molecule is CN(Cc1ccccc1)C(=O)C(=O)N[C@H](c1ccccc1)C1CC1. The number of nitrogens with one attached hydrogen (secondary N) is 1. The van der Waals surface area contributed by atoms with Gasteiger partial charge in [0.25, 0.3) is 0 Å². The lowest BCUT2D eigenvalue weighted by atomic mass is 10.0. The van der Waals surface area contributed by atoms with Crippen molar-refractivity contribution in [2.75, 3.05) is 7.05 Å². The Morgan fingerprint density at radius 1 is 1.04 bits per heavy atom. The maximum atomic E-state index is 12.4. The average Bonchev–Trinajstić information content (AvgIpc) is 3.45. The molecule has 1 aliphatic carbocycles. The lowest BCUT2D eigenvalue weighted by Gasteiger charge is -2.21. The number of amides is 2. The van der Waals surface area contributed by atoms with Crippen molar-refractivity contribution in [1.82, 2.24) is 10.2 Å². The smallest absolute Gasteiger partial charge is 0.311 e. The first-order valence-electron chi connectivity index (χ1n) is 8.30. The molecule has 0 aromatic heterocycles. The zero-order valence-electron chi connectivity index (χ0n) is 13.8. The summed E-state index contributed by atoms with van der Waals surface area (Å²) in [5.74, 6) is -0.599. The van der Waals surface area contributed by atoms with Crippen molar-refractivity contribution >= 4 is 11.8 Å². The summed E-state index contributed by atoms with van der Waals surface area (Å²) < 4.78 is 0. The highest BCUT2D eigenvalue weighted by molar-refractivity contribution is 6.35. The molecule has 1 N–H and O–H groups in total. The minimum absolute atomic E-state index is 0.0761. The zero-order chi connectivity index (χ0) is 16.9. The van der Waals surface area contributed by atoms with Crippen molar-refractivity contribution in [2.45, 2.75) is 25.4 Å². The van der Waals surface area contributed by atoms with Gasteiger partial charge >= 0.3 is 11.8 Å². The number of carbonyl (C=O) groups is 2. The van der Waals surface area contributed by atoms with Gasteiger partial charge in [0.1, 0.15) is 0 Å². The molecule has 0 aliphatic heterocycles. The van der Waals surface area contributed by atoms with Gasteiger partial charge in [-0.25, -0.2) is 0 Å². The fourth-order valence-electron chi connectivity index (χ4n) is 2.87. The Hall–Kier alpha value is -2.62. The van der Waals surface area contributed by atoms with Gasteiger partial charge in [-0.2, -0.15) is 0 Å². The number of nitrogens with zero attached hydrogens (tertiary/aromatic N) is 1. The van der Waals surface area contributed by atoms with E-state index in [-0.39, 0.29) is 6.04 Å². The average molecular weight is 322 g/mol. The van der Waals surface area contributed by atoms with Gasteiger partial charge in [-0.3, -0.25) is 9.59 Å². The number of carbonyl (C=O) groups excluding carboxylic acids is 2. The van der Waals surface area contributed by atoms with Crippen molar-refractivity contribution in [3.8, 4) is 0 Å². The molecule has 2 aromatic carbocycles. The van der Waals surface area contributed by atoms with Crippen molar-refractivity contribution < 1.29 is 9.59 Å². The number of likely N-dealkylation sites (N-methyl/N-ethyl adjacent to an activating group) is 1. The number of rotatable bonds is 5. The molecule has 0 unspecified atom stereocenters. The molecule has 1 saturated carbocycles. The second kappa shape index (κ2) is 7.30. The first kappa shape index (κ1) is 16.2. The standard InChI is InChI=1S/C20H22N2O2/c1-22(14-15-8-4-2-5-9-15)20(24)19(23)21-18(17-12-13-17)16-10-6-3-7-11-16/h2-11,17-18H,12-14H2,1H3,(H,21,23)/t18-/m1/s1. The zero-order valence-corrected chi connectivity index (χ0v) is 13.8. The maximum absolute atomic E-state index is 12.4. The third-order valence-electron chi connectivity index (χ3n) is 4.34. The summed E-state index contributed by atoms with van der Waals surface area (Å²) in [4.78, 5) is 26.2. The molecule has 3 rings (SSSR count). The van der Waals surface area contributed by atoms with Crippen LogP contribution in [0.15, 0.2) is 60.7 Å². The van der Waals surface area contributed by atoms with E-state index in [0.29, 0.717) is 12.5 Å². The summed E-state index contributed by atoms with van der Waals surface area (Å²) in [5.41, 5.74) is 2.06. The normalized spacial score (nSPS) is 14.7.